The summed E-state index contributed by atoms with van der Waals surface area (Å²) in [5, 5.41) is 35.8. The number of benzene rings is 1. The highest BCUT2D eigenvalue weighted by atomic mass is 32.2. The lowest BCUT2D eigenvalue weighted by atomic mass is 10.1. The van der Waals surface area contributed by atoms with Crippen molar-refractivity contribution in [3.05, 3.63) is 24.4 Å². The van der Waals surface area contributed by atoms with Gasteiger partial charge in [0.15, 0.2) is 4.90 Å². The molecule has 2 atom stereocenters. The number of halogens is 3. The van der Waals surface area contributed by atoms with Crippen molar-refractivity contribution in [2.75, 3.05) is 35.9 Å². The van der Waals surface area contributed by atoms with Gasteiger partial charge in [-0.15, -0.1) is 5.10 Å². The summed E-state index contributed by atoms with van der Waals surface area (Å²) in [6, 6.07) is 3.67. The van der Waals surface area contributed by atoms with E-state index in [0.717, 1.165) is 4.31 Å². The van der Waals surface area contributed by atoms with E-state index in [1.807, 2.05) is 5.32 Å². The van der Waals surface area contributed by atoms with E-state index in [0.29, 0.717) is 0 Å². The van der Waals surface area contributed by atoms with Gasteiger partial charge in [-0.2, -0.15) is 13.2 Å². The smallest absolute Gasteiger partial charge is 0.426 e. The van der Waals surface area contributed by atoms with Gasteiger partial charge >= 0.3 is 12.3 Å². The number of fused-ring (bicyclic) bond motifs is 1. The summed E-state index contributed by atoms with van der Waals surface area (Å²) in [7, 11) is -4.55. The van der Waals surface area contributed by atoms with Gasteiger partial charge in [0.1, 0.15) is 18.5 Å². The van der Waals surface area contributed by atoms with E-state index in [1.54, 1.807) is 6.92 Å². The van der Waals surface area contributed by atoms with Crippen molar-refractivity contribution < 1.29 is 56.0 Å². The Balaban J connectivity index is 2.01. The number of alkyl halides is 3. The van der Waals surface area contributed by atoms with Crippen LogP contribution >= 0.6 is 0 Å². The third-order valence-electron chi connectivity index (χ3n) is 5.54. The predicted molar refractivity (Wildman–Crippen MR) is 127 cm³/mol. The first-order valence-corrected chi connectivity index (χ1v) is 12.8. The monoisotopic (exact) mass is 581 g/mol. The number of hydrogen-bond acceptors (Lipinski definition) is 9. The Hall–Kier alpha value is -3.77. The molecule has 0 saturated heterocycles. The fourth-order valence-electron chi connectivity index (χ4n) is 3.44. The fraction of sp³-hybridized carbons (Fsp3) is 0.476. The number of anilines is 2. The van der Waals surface area contributed by atoms with Crippen molar-refractivity contribution in [2.24, 2.45) is 0 Å². The van der Waals surface area contributed by atoms with Crippen LogP contribution in [0.15, 0.2) is 29.3 Å². The van der Waals surface area contributed by atoms with Crippen molar-refractivity contribution in [1.82, 2.24) is 15.1 Å². The van der Waals surface area contributed by atoms with Crippen LogP contribution < -0.4 is 24.4 Å². The molecular formula is C21H26F3N5O9S. The number of amides is 2. The van der Waals surface area contributed by atoms with Crippen LogP contribution in [-0.2, 0) is 21.4 Å². The molecule has 1 aliphatic heterocycles. The molecule has 0 bridgehead atoms. The number of carboxylic acid groups (broad SMARTS) is 1. The fourth-order valence-corrected chi connectivity index (χ4v) is 5.02. The molecule has 1 aliphatic rings. The summed E-state index contributed by atoms with van der Waals surface area (Å²) < 4.78 is 79.8. The van der Waals surface area contributed by atoms with Gasteiger partial charge in [0, 0.05) is 18.4 Å². The van der Waals surface area contributed by atoms with Gasteiger partial charge < -0.3 is 30.1 Å². The molecule has 2 aromatic rings. The van der Waals surface area contributed by atoms with Crippen LogP contribution in [0.3, 0.4) is 0 Å². The zero-order chi connectivity index (χ0) is 29.2. The quantitative estimate of drug-likeness (QED) is 0.267. The molecule has 0 saturated carbocycles. The molecule has 1 aromatic carbocycles. The van der Waals surface area contributed by atoms with Gasteiger partial charge in [-0.1, -0.05) is 0 Å². The molecule has 0 fully saturated rings. The lowest BCUT2D eigenvalue weighted by molar-refractivity contribution is -0.245. The number of aliphatic hydroxyl groups excluding tert-OH is 1. The number of carbonyl (C=O) groups excluding carboxylic acids is 1. The number of hydrogen-bond donors (Lipinski definition) is 5. The number of aryl methyl sites for hydroxylation is 1. The van der Waals surface area contributed by atoms with Crippen molar-refractivity contribution in [3.63, 3.8) is 0 Å². The van der Waals surface area contributed by atoms with E-state index in [1.165, 1.54) is 29.1 Å². The van der Waals surface area contributed by atoms with E-state index < -0.39 is 64.5 Å². The van der Waals surface area contributed by atoms with Crippen LogP contribution in [0.4, 0.5) is 29.3 Å². The molecule has 3 rings (SSSR count). The molecule has 0 aliphatic carbocycles. The summed E-state index contributed by atoms with van der Waals surface area (Å²) in [5.74, 6) is -2.20. The first-order valence-electron chi connectivity index (χ1n) is 11.3. The predicted octanol–water partition coefficient (Wildman–Crippen LogP) is 0.750. The number of aliphatic hydroxyl groups is 2. The number of nitrogens with one attached hydrogen (secondary N) is 2. The van der Waals surface area contributed by atoms with Crippen LogP contribution in [0.25, 0.3) is 0 Å². The standard InChI is InChI=1S/C21H26F3N5O9S/c1-3-28-11-16(17(27-28)37-7-6-30)39(35,36)29-10-13(9-25-18(31)20(2,34)21(22,23)24)38-15-5-4-12(8-14(15)29)26-19(32)33/h4-5,8,11,13,26,30,34H,3,6-7,9-10H2,1-2H3,(H,25,31)(H,32,33)/t13-,20?/m0/s1. The highest BCUT2D eigenvalue weighted by molar-refractivity contribution is 7.93. The van der Waals surface area contributed by atoms with Gasteiger partial charge in [-0.25, -0.2) is 13.2 Å². The maximum absolute atomic E-state index is 13.8. The van der Waals surface area contributed by atoms with E-state index >= 15 is 0 Å². The molecule has 14 nitrogen and oxygen atoms in total. The van der Waals surface area contributed by atoms with Crippen LogP contribution in [0, 0.1) is 0 Å². The number of ether oxygens (including phenoxy) is 2. The maximum Gasteiger partial charge on any atom is 0.426 e. The first-order chi connectivity index (χ1) is 18.1. The van der Waals surface area contributed by atoms with E-state index in [9.17, 15) is 36.3 Å². The molecule has 1 aromatic heterocycles. The van der Waals surface area contributed by atoms with Crippen molar-refractivity contribution >= 4 is 33.4 Å². The summed E-state index contributed by atoms with van der Waals surface area (Å²) in [6.45, 7) is 0.319. The minimum atomic E-state index is -5.27. The highest BCUT2D eigenvalue weighted by Gasteiger charge is 2.55. The van der Waals surface area contributed by atoms with Gasteiger partial charge in [0.05, 0.1) is 25.4 Å². The lowest BCUT2D eigenvalue weighted by Gasteiger charge is -2.36. The summed E-state index contributed by atoms with van der Waals surface area (Å²) in [6.07, 6.45) is -6.76. The Bertz CT molecular complexity index is 1330. The molecule has 1 unspecified atom stereocenters. The van der Waals surface area contributed by atoms with Crippen LogP contribution in [0.2, 0.25) is 0 Å². The molecule has 2 amide bonds. The van der Waals surface area contributed by atoms with Crippen LogP contribution in [-0.4, -0.2) is 89.7 Å². The first kappa shape index (κ1) is 29.8. The van der Waals surface area contributed by atoms with Gasteiger partial charge in [0.2, 0.25) is 5.60 Å². The zero-order valence-electron chi connectivity index (χ0n) is 20.6. The third kappa shape index (κ3) is 6.28. The summed E-state index contributed by atoms with van der Waals surface area (Å²) in [5.41, 5.74) is -3.85. The Labute approximate surface area is 220 Å². The normalized spacial score (nSPS) is 17.0. The Morgan fingerprint density at radius 2 is 2.00 bits per heavy atom. The number of nitrogens with zero attached hydrogens (tertiary/aromatic N) is 3. The molecule has 5 N–H and O–H groups in total. The van der Waals surface area contributed by atoms with E-state index in [2.05, 4.69) is 10.4 Å². The van der Waals surface area contributed by atoms with E-state index in [-0.39, 0.29) is 43.1 Å². The number of sulfonamides is 1. The zero-order valence-corrected chi connectivity index (χ0v) is 21.4. The molecule has 39 heavy (non-hydrogen) atoms. The largest absolute Gasteiger partial charge is 0.484 e. The summed E-state index contributed by atoms with van der Waals surface area (Å²) in [4.78, 5) is 22.7. The lowest BCUT2D eigenvalue weighted by Crippen LogP contribution is -2.57. The van der Waals surface area contributed by atoms with Crippen LogP contribution in [0.1, 0.15) is 13.8 Å². The average Bonchev–Trinajstić information content (AvgIpc) is 3.28. The topological polar surface area (TPSA) is 193 Å². The Kier molecular flexibility index (Phi) is 8.51. The van der Waals surface area contributed by atoms with Gasteiger partial charge in [0.25, 0.3) is 21.8 Å². The Morgan fingerprint density at radius 3 is 2.59 bits per heavy atom. The molecule has 0 spiro atoms. The second-order valence-electron chi connectivity index (χ2n) is 8.39. The van der Waals surface area contributed by atoms with Gasteiger partial charge in [-0.05, 0) is 32.0 Å². The molecule has 216 valence electrons. The van der Waals surface area contributed by atoms with Crippen molar-refractivity contribution in [3.8, 4) is 11.6 Å². The number of aromatic nitrogens is 2. The average molecular weight is 582 g/mol. The minimum Gasteiger partial charge on any atom is -0.484 e. The summed E-state index contributed by atoms with van der Waals surface area (Å²) >= 11 is 0. The van der Waals surface area contributed by atoms with Crippen molar-refractivity contribution in [2.45, 2.75) is 43.2 Å². The highest BCUT2D eigenvalue weighted by Crippen LogP contribution is 2.40. The second kappa shape index (κ2) is 11.1. The molecular weight excluding hydrogens is 555 g/mol. The van der Waals surface area contributed by atoms with E-state index in [4.69, 9.17) is 19.7 Å². The number of carbonyl (C=O) groups is 2. The number of rotatable bonds is 10. The van der Waals surface area contributed by atoms with Crippen molar-refractivity contribution in [1.29, 1.82) is 0 Å². The Morgan fingerprint density at radius 1 is 1.31 bits per heavy atom. The molecule has 2 heterocycles. The van der Waals surface area contributed by atoms with Crippen LogP contribution in [0.5, 0.6) is 11.6 Å². The molecule has 0 radical (unpaired) electrons. The third-order valence-corrected chi connectivity index (χ3v) is 7.31. The maximum atomic E-state index is 13.8. The minimum absolute atomic E-state index is 0.0148. The second-order valence-corrected chi connectivity index (χ2v) is 10.2. The van der Waals surface area contributed by atoms with Gasteiger partial charge in [-0.3, -0.25) is 19.1 Å². The molecule has 18 heteroatoms. The SMILES string of the molecule is CCn1cc(S(=O)(=O)N2C[C@H](CNC(=O)C(C)(O)C(F)(F)F)Oc3ccc(NC(=O)O)cc32)c(OCCO)n1.